The van der Waals surface area contributed by atoms with Gasteiger partial charge in [0.05, 0.1) is 18.4 Å². The molecule has 5 nitrogen and oxygen atoms in total. The van der Waals surface area contributed by atoms with Gasteiger partial charge in [0.2, 0.25) is 5.13 Å². The molecule has 0 saturated carbocycles. The molecule has 1 aromatic heterocycles. The van der Waals surface area contributed by atoms with Crippen LogP contribution in [0, 0.1) is 11.3 Å². The minimum absolute atomic E-state index is 0.123. The number of nitrogens with one attached hydrogen (secondary N) is 1. The number of rotatable bonds is 5. The average molecular weight is 292 g/mol. The molecular formula is C12H12N4OS2. The number of hydrogen-bond donors (Lipinski definition) is 1. The molecule has 2 aromatic rings. The van der Waals surface area contributed by atoms with Crippen molar-refractivity contribution in [2.24, 2.45) is 0 Å². The smallest absolute Gasteiger partial charge is 0.210 e. The first-order valence-corrected chi connectivity index (χ1v) is 7.21. The standard InChI is InChI=1S/C12H12N4OS2/c1-8(7-13)18-12-16-15-11(19-12)14-9-3-5-10(17-2)6-4-9/h3-6,8H,1-2H3,(H,14,15)/t8-/m0/s1. The Morgan fingerprint density at radius 3 is 2.74 bits per heavy atom. The lowest BCUT2D eigenvalue weighted by molar-refractivity contribution is 0.415. The van der Waals surface area contributed by atoms with Gasteiger partial charge in [0.25, 0.3) is 0 Å². The van der Waals surface area contributed by atoms with Crippen LogP contribution in [0.2, 0.25) is 0 Å². The highest BCUT2D eigenvalue weighted by Gasteiger charge is 2.09. The second-order valence-corrected chi connectivity index (χ2v) is 6.18. The van der Waals surface area contributed by atoms with Crippen LogP contribution in [0.25, 0.3) is 0 Å². The van der Waals surface area contributed by atoms with Gasteiger partial charge in [-0.05, 0) is 31.2 Å². The third-order valence-electron chi connectivity index (χ3n) is 2.21. The number of anilines is 2. The van der Waals surface area contributed by atoms with Gasteiger partial charge in [-0.3, -0.25) is 0 Å². The van der Waals surface area contributed by atoms with Crippen molar-refractivity contribution in [2.75, 3.05) is 12.4 Å². The maximum atomic E-state index is 8.75. The van der Waals surface area contributed by atoms with E-state index in [0.717, 1.165) is 15.8 Å². The van der Waals surface area contributed by atoms with Crippen molar-refractivity contribution in [3.8, 4) is 11.8 Å². The van der Waals surface area contributed by atoms with Crippen LogP contribution in [0.3, 0.4) is 0 Å². The lowest BCUT2D eigenvalue weighted by atomic mass is 10.3. The fourth-order valence-electron chi connectivity index (χ4n) is 1.28. The number of thioether (sulfide) groups is 1. The SMILES string of the molecule is COc1ccc(Nc2nnc(S[C@@H](C)C#N)s2)cc1. The van der Waals surface area contributed by atoms with Crippen LogP contribution in [0.5, 0.6) is 5.75 Å². The van der Waals surface area contributed by atoms with Gasteiger partial charge in [0, 0.05) is 5.69 Å². The topological polar surface area (TPSA) is 70.8 Å². The highest BCUT2D eigenvalue weighted by atomic mass is 32.2. The molecule has 0 fully saturated rings. The zero-order chi connectivity index (χ0) is 13.7. The fourth-order valence-corrected chi connectivity index (χ4v) is 3.09. The summed E-state index contributed by atoms with van der Waals surface area (Å²) in [5.74, 6) is 0.807. The third-order valence-corrected chi connectivity index (χ3v) is 4.12. The number of benzene rings is 1. The van der Waals surface area contributed by atoms with E-state index < -0.39 is 0 Å². The van der Waals surface area contributed by atoms with Crippen LogP contribution >= 0.6 is 23.1 Å². The van der Waals surface area contributed by atoms with Gasteiger partial charge in [-0.25, -0.2) is 0 Å². The Morgan fingerprint density at radius 2 is 2.11 bits per heavy atom. The van der Waals surface area contributed by atoms with Gasteiger partial charge in [0.1, 0.15) is 5.75 Å². The third kappa shape index (κ3) is 3.84. The number of nitrogens with zero attached hydrogens (tertiary/aromatic N) is 3. The van der Waals surface area contributed by atoms with Crippen molar-refractivity contribution in [1.82, 2.24) is 10.2 Å². The summed E-state index contributed by atoms with van der Waals surface area (Å²) in [6.07, 6.45) is 0. The molecule has 0 aliphatic rings. The van der Waals surface area contributed by atoms with E-state index in [2.05, 4.69) is 21.6 Å². The Hall–Kier alpha value is -1.78. The zero-order valence-corrected chi connectivity index (χ0v) is 12.1. The molecule has 19 heavy (non-hydrogen) atoms. The van der Waals surface area contributed by atoms with Crippen LogP contribution in [-0.2, 0) is 0 Å². The summed E-state index contributed by atoms with van der Waals surface area (Å²) < 4.78 is 5.87. The van der Waals surface area contributed by atoms with Gasteiger partial charge in [-0.1, -0.05) is 23.1 Å². The zero-order valence-electron chi connectivity index (χ0n) is 10.5. The molecule has 0 aliphatic carbocycles. The van der Waals surface area contributed by atoms with Gasteiger partial charge in [-0.2, -0.15) is 5.26 Å². The monoisotopic (exact) mass is 292 g/mol. The van der Waals surface area contributed by atoms with E-state index in [4.69, 9.17) is 10.00 Å². The molecule has 0 radical (unpaired) electrons. The van der Waals surface area contributed by atoms with E-state index in [0.29, 0.717) is 5.13 Å². The van der Waals surface area contributed by atoms with Gasteiger partial charge >= 0.3 is 0 Å². The van der Waals surface area contributed by atoms with Crippen LogP contribution in [-0.4, -0.2) is 22.6 Å². The maximum absolute atomic E-state index is 8.75. The molecule has 1 heterocycles. The largest absolute Gasteiger partial charge is 0.497 e. The summed E-state index contributed by atoms with van der Waals surface area (Å²) in [5, 5.41) is 20.6. The number of nitriles is 1. The highest BCUT2D eigenvalue weighted by Crippen LogP contribution is 2.30. The van der Waals surface area contributed by atoms with E-state index in [9.17, 15) is 0 Å². The average Bonchev–Trinajstić information content (AvgIpc) is 2.86. The summed E-state index contributed by atoms with van der Waals surface area (Å²) in [6, 6.07) is 9.71. The van der Waals surface area contributed by atoms with E-state index in [1.807, 2.05) is 31.2 Å². The number of hydrogen-bond acceptors (Lipinski definition) is 7. The number of methoxy groups -OCH3 is 1. The minimum atomic E-state index is -0.123. The molecule has 1 atom stereocenters. The first kappa shape index (κ1) is 13.6. The Bertz CT molecular complexity index is 576. The lowest BCUT2D eigenvalue weighted by Gasteiger charge is -2.03. The van der Waals surface area contributed by atoms with E-state index >= 15 is 0 Å². The summed E-state index contributed by atoms with van der Waals surface area (Å²) >= 11 is 2.83. The molecular weight excluding hydrogens is 280 g/mol. The van der Waals surface area contributed by atoms with Crippen molar-refractivity contribution in [3.05, 3.63) is 24.3 Å². The lowest BCUT2D eigenvalue weighted by Crippen LogP contribution is -1.89. The molecule has 0 bridgehead atoms. The predicted octanol–water partition coefficient (Wildman–Crippen LogP) is 3.29. The Labute approximate surface area is 119 Å². The molecule has 1 aromatic carbocycles. The summed E-state index contributed by atoms with van der Waals surface area (Å²) in [6.45, 7) is 1.84. The van der Waals surface area contributed by atoms with Crippen LogP contribution in [0.1, 0.15) is 6.92 Å². The van der Waals surface area contributed by atoms with Crippen molar-refractivity contribution < 1.29 is 4.74 Å². The number of aromatic nitrogens is 2. The molecule has 0 unspecified atom stereocenters. The molecule has 7 heteroatoms. The highest BCUT2D eigenvalue weighted by molar-refractivity contribution is 8.01. The summed E-state index contributed by atoms with van der Waals surface area (Å²) in [7, 11) is 1.63. The molecule has 1 N–H and O–H groups in total. The first-order chi connectivity index (χ1) is 9.21. The van der Waals surface area contributed by atoms with Crippen LogP contribution in [0.4, 0.5) is 10.8 Å². The molecule has 0 aliphatic heterocycles. The number of ether oxygens (including phenoxy) is 1. The Balaban J connectivity index is 2.01. The summed E-state index contributed by atoms with van der Waals surface area (Å²) in [5.41, 5.74) is 0.918. The summed E-state index contributed by atoms with van der Waals surface area (Å²) in [4.78, 5) is 0. The van der Waals surface area contributed by atoms with Gasteiger partial charge in [0.15, 0.2) is 4.34 Å². The van der Waals surface area contributed by atoms with Crippen molar-refractivity contribution >= 4 is 33.9 Å². The second-order valence-electron chi connectivity index (χ2n) is 3.62. The van der Waals surface area contributed by atoms with Gasteiger partial charge < -0.3 is 10.1 Å². The molecule has 2 rings (SSSR count). The van der Waals surface area contributed by atoms with Crippen LogP contribution < -0.4 is 10.1 Å². The first-order valence-electron chi connectivity index (χ1n) is 5.52. The Morgan fingerprint density at radius 1 is 1.37 bits per heavy atom. The minimum Gasteiger partial charge on any atom is -0.497 e. The maximum Gasteiger partial charge on any atom is 0.210 e. The molecule has 0 amide bonds. The molecule has 0 saturated heterocycles. The second kappa shape index (κ2) is 6.41. The predicted molar refractivity (Wildman–Crippen MR) is 77.1 cm³/mol. The van der Waals surface area contributed by atoms with E-state index in [1.165, 1.54) is 23.1 Å². The normalized spacial score (nSPS) is 11.6. The molecule has 98 valence electrons. The quantitative estimate of drug-likeness (QED) is 0.853. The molecule has 0 spiro atoms. The fraction of sp³-hybridized carbons (Fsp3) is 0.250. The van der Waals surface area contributed by atoms with E-state index in [-0.39, 0.29) is 5.25 Å². The van der Waals surface area contributed by atoms with Crippen LogP contribution in [0.15, 0.2) is 28.6 Å². The van der Waals surface area contributed by atoms with Crippen molar-refractivity contribution in [2.45, 2.75) is 16.5 Å². The van der Waals surface area contributed by atoms with Crippen molar-refractivity contribution in [1.29, 1.82) is 5.26 Å². The van der Waals surface area contributed by atoms with Gasteiger partial charge in [-0.15, -0.1) is 10.2 Å². The van der Waals surface area contributed by atoms with Crippen molar-refractivity contribution in [3.63, 3.8) is 0 Å². The Kier molecular flexibility index (Phi) is 4.60. The van der Waals surface area contributed by atoms with E-state index in [1.54, 1.807) is 7.11 Å².